The summed E-state index contributed by atoms with van der Waals surface area (Å²) < 4.78 is 5.83. The molecule has 0 heterocycles. The van der Waals surface area contributed by atoms with E-state index in [0.717, 1.165) is 23.6 Å². The molecule has 0 spiro atoms. The van der Waals surface area contributed by atoms with Crippen molar-refractivity contribution in [2.75, 3.05) is 12.0 Å². The third kappa shape index (κ3) is 4.59. The number of hydrazine groups is 1. The molecule has 0 aliphatic carbocycles. The van der Waals surface area contributed by atoms with E-state index in [1.165, 1.54) is 0 Å². The molecule has 3 nitrogen and oxygen atoms in total. The third-order valence-corrected chi connectivity index (χ3v) is 2.83. The van der Waals surface area contributed by atoms with Crippen LogP contribution >= 0.6 is 0 Å². The second-order valence-corrected chi connectivity index (χ2v) is 5.16. The number of para-hydroxylation sites is 2. The van der Waals surface area contributed by atoms with E-state index in [9.17, 15) is 0 Å². The van der Waals surface area contributed by atoms with Crippen LogP contribution in [0.2, 0.25) is 0 Å². The van der Waals surface area contributed by atoms with Crippen molar-refractivity contribution in [1.29, 1.82) is 0 Å². The van der Waals surface area contributed by atoms with Gasteiger partial charge in [0.15, 0.2) is 0 Å². The van der Waals surface area contributed by atoms with Crippen LogP contribution < -0.4 is 15.6 Å². The lowest BCUT2D eigenvalue weighted by molar-refractivity contribution is 0.268. The van der Waals surface area contributed by atoms with Crippen molar-refractivity contribution >= 4 is 5.69 Å². The summed E-state index contributed by atoms with van der Waals surface area (Å²) in [7, 11) is 0. The molecule has 2 aromatic rings. The highest BCUT2D eigenvalue weighted by Crippen LogP contribution is 2.18. The number of benzene rings is 2. The number of anilines is 1. The summed E-state index contributed by atoms with van der Waals surface area (Å²) in [5.74, 6) is 1.47. The molecule has 2 rings (SSSR count). The van der Waals surface area contributed by atoms with E-state index in [0.29, 0.717) is 12.5 Å². The van der Waals surface area contributed by atoms with Crippen molar-refractivity contribution in [3.8, 4) is 5.75 Å². The van der Waals surface area contributed by atoms with Crippen molar-refractivity contribution in [3.05, 3.63) is 60.2 Å². The smallest absolute Gasteiger partial charge is 0.123 e. The summed E-state index contributed by atoms with van der Waals surface area (Å²) in [5.41, 5.74) is 8.59. The minimum Gasteiger partial charge on any atom is -0.493 e. The Morgan fingerprint density at radius 1 is 0.950 bits per heavy atom. The predicted octanol–water partition coefficient (Wildman–Crippen LogP) is 3.84. The van der Waals surface area contributed by atoms with Crippen LogP contribution in [0.4, 0.5) is 5.69 Å². The normalized spacial score (nSPS) is 10.6. The first-order valence-corrected chi connectivity index (χ1v) is 7.00. The molecule has 20 heavy (non-hydrogen) atoms. The Bertz CT molecular complexity index is 511. The molecule has 0 saturated carbocycles. The maximum absolute atomic E-state index is 5.83. The van der Waals surface area contributed by atoms with Gasteiger partial charge in [0, 0.05) is 17.8 Å². The van der Waals surface area contributed by atoms with Crippen molar-refractivity contribution in [1.82, 2.24) is 5.43 Å². The average Bonchev–Trinajstić information content (AvgIpc) is 2.47. The molecule has 0 fully saturated rings. The quantitative estimate of drug-likeness (QED) is 0.750. The highest BCUT2D eigenvalue weighted by atomic mass is 16.5. The topological polar surface area (TPSA) is 33.3 Å². The van der Waals surface area contributed by atoms with E-state index in [2.05, 4.69) is 30.8 Å². The standard InChI is InChI=1S/C17H22N2O/c1-14(2)13-20-17-11-7-6-8-15(17)12-18-19-16-9-4-3-5-10-16/h3-11,14,18-19H,12-13H2,1-2H3. The first kappa shape index (κ1) is 14.4. The van der Waals surface area contributed by atoms with Gasteiger partial charge in [-0.15, -0.1) is 0 Å². The van der Waals surface area contributed by atoms with E-state index < -0.39 is 0 Å². The van der Waals surface area contributed by atoms with Gasteiger partial charge in [-0.3, -0.25) is 0 Å². The lowest BCUT2D eigenvalue weighted by Crippen LogP contribution is -2.21. The first-order chi connectivity index (χ1) is 9.75. The fraction of sp³-hybridized carbons (Fsp3) is 0.294. The van der Waals surface area contributed by atoms with Gasteiger partial charge < -0.3 is 10.2 Å². The SMILES string of the molecule is CC(C)COc1ccccc1CNNc1ccccc1. The maximum atomic E-state index is 5.83. The van der Waals surface area contributed by atoms with Crippen LogP contribution in [-0.2, 0) is 6.54 Å². The molecule has 0 aliphatic heterocycles. The van der Waals surface area contributed by atoms with Crippen LogP contribution in [0.5, 0.6) is 5.75 Å². The lowest BCUT2D eigenvalue weighted by Gasteiger charge is -2.14. The van der Waals surface area contributed by atoms with Crippen LogP contribution in [0.3, 0.4) is 0 Å². The number of ether oxygens (including phenoxy) is 1. The second kappa shape index (κ2) is 7.56. The lowest BCUT2D eigenvalue weighted by atomic mass is 10.2. The Morgan fingerprint density at radius 2 is 1.65 bits per heavy atom. The van der Waals surface area contributed by atoms with E-state index in [4.69, 9.17) is 4.74 Å². The zero-order chi connectivity index (χ0) is 14.2. The minimum atomic E-state index is 0.526. The molecule has 0 radical (unpaired) electrons. The maximum Gasteiger partial charge on any atom is 0.123 e. The molecule has 0 bridgehead atoms. The van der Waals surface area contributed by atoms with Crippen molar-refractivity contribution in [2.45, 2.75) is 20.4 Å². The zero-order valence-electron chi connectivity index (χ0n) is 12.1. The van der Waals surface area contributed by atoms with Crippen molar-refractivity contribution in [3.63, 3.8) is 0 Å². The van der Waals surface area contributed by atoms with Gasteiger partial charge >= 0.3 is 0 Å². The van der Waals surface area contributed by atoms with Crippen LogP contribution in [-0.4, -0.2) is 6.61 Å². The molecule has 0 aromatic heterocycles. The van der Waals surface area contributed by atoms with E-state index >= 15 is 0 Å². The average molecular weight is 270 g/mol. The van der Waals surface area contributed by atoms with Gasteiger partial charge in [0.25, 0.3) is 0 Å². The summed E-state index contributed by atoms with van der Waals surface area (Å²) in [6.45, 7) is 5.75. The van der Waals surface area contributed by atoms with Gasteiger partial charge in [-0.2, -0.15) is 0 Å². The third-order valence-electron chi connectivity index (χ3n) is 2.83. The van der Waals surface area contributed by atoms with Crippen LogP contribution in [0.15, 0.2) is 54.6 Å². The first-order valence-electron chi connectivity index (χ1n) is 7.00. The summed E-state index contributed by atoms with van der Waals surface area (Å²) in [4.78, 5) is 0. The Hall–Kier alpha value is -2.00. The molecule has 2 aromatic carbocycles. The zero-order valence-corrected chi connectivity index (χ0v) is 12.1. The van der Waals surface area contributed by atoms with Gasteiger partial charge in [0.2, 0.25) is 0 Å². The Kier molecular flexibility index (Phi) is 5.44. The van der Waals surface area contributed by atoms with E-state index in [1.807, 2.05) is 48.5 Å². The number of hydrogen-bond donors (Lipinski definition) is 2. The Balaban J connectivity index is 1.89. The van der Waals surface area contributed by atoms with Crippen LogP contribution in [0.1, 0.15) is 19.4 Å². The van der Waals surface area contributed by atoms with Crippen LogP contribution in [0.25, 0.3) is 0 Å². The summed E-state index contributed by atoms with van der Waals surface area (Å²) in [6.07, 6.45) is 0. The molecule has 0 unspecified atom stereocenters. The molecular formula is C17H22N2O. The van der Waals surface area contributed by atoms with Gasteiger partial charge in [0.1, 0.15) is 5.75 Å². The summed E-state index contributed by atoms with van der Waals surface area (Å²) >= 11 is 0. The minimum absolute atomic E-state index is 0.526. The second-order valence-electron chi connectivity index (χ2n) is 5.16. The van der Waals surface area contributed by atoms with Crippen molar-refractivity contribution < 1.29 is 4.74 Å². The molecule has 0 atom stereocenters. The fourth-order valence-corrected chi connectivity index (χ4v) is 1.81. The van der Waals surface area contributed by atoms with Gasteiger partial charge in [-0.05, 0) is 24.1 Å². The number of rotatable bonds is 7. The number of hydrogen-bond acceptors (Lipinski definition) is 3. The molecule has 3 heteroatoms. The van der Waals surface area contributed by atoms with Crippen LogP contribution in [0, 0.1) is 5.92 Å². The summed E-state index contributed by atoms with van der Waals surface area (Å²) in [6, 6.07) is 18.2. The number of nitrogens with one attached hydrogen (secondary N) is 2. The molecule has 2 N–H and O–H groups in total. The molecule has 0 aliphatic rings. The Morgan fingerprint density at radius 3 is 2.40 bits per heavy atom. The highest BCUT2D eigenvalue weighted by molar-refractivity contribution is 5.41. The largest absolute Gasteiger partial charge is 0.493 e. The monoisotopic (exact) mass is 270 g/mol. The van der Waals surface area contributed by atoms with Gasteiger partial charge in [-0.1, -0.05) is 50.2 Å². The fourth-order valence-electron chi connectivity index (χ4n) is 1.81. The molecule has 0 amide bonds. The molecular weight excluding hydrogens is 248 g/mol. The molecule has 0 saturated heterocycles. The summed E-state index contributed by atoms with van der Waals surface area (Å²) in [5, 5.41) is 0. The Labute approximate surface area is 120 Å². The van der Waals surface area contributed by atoms with Crippen molar-refractivity contribution in [2.24, 2.45) is 5.92 Å². The van der Waals surface area contributed by atoms with Gasteiger partial charge in [-0.25, -0.2) is 5.43 Å². The van der Waals surface area contributed by atoms with E-state index in [1.54, 1.807) is 0 Å². The van der Waals surface area contributed by atoms with E-state index in [-0.39, 0.29) is 0 Å². The predicted molar refractivity (Wildman–Crippen MR) is 83.7 cm³/mol. The van der Waals surface area contributed by atoms with Gasteiger partial charge in [0.05, 0.1) is 6.61 Å². The highest BCUT2D eigenvalue weighted by Gasteiger charge is 2.03. The molecule has 106 valence electrons.